The van der Waals surface area contributed by atoms with Crippen LogP contribution in [0.3, 0.4) is 0 Å². The molecule has 2 aromatic rings. The van der Waals surface area contributed by atoms with Gasteiger partial charge < -0.3 is 5.73 Å². The first-order valence-electron chi connectivity index (χ1n) is 7.45. The van der Waals surface area contributed by atoms with E-state index in [1.165, 1.54) is 47.9 Å². The van der Waals surface area contributed by atoms with Crippen LogP contribution in [0.1, 0.15) is 42.0 Å². The van der Waals surface area contributed by atoms with E-state index >= 15 is 0 Å². The number of nitrogens with two attached hydrogens (primary N) is 1. The molecule has 0 spiro atoms. The van der Waals surface area contributed by atoms with E-state index in [1.54, 1.807) is 6.20 Å². The van der Waals surface area contributed by atoms with Crippen molar-refractivity contribution in [2.75, 3.05) is 0 Å². The van der Waals surface area contributed by atoms with Crippen LogP contribution < -0.4 is 5.73 Å². The van der Waals surface area contributed by atoms with Crippen molar-refractivity contribution in [1.82, 2.24) is 4.98 Å². The Kier molecular flexibility index (Phi) is 3.58. The van der Waals surface area contributed by atoms with Crippen molar-refractivity contribution in [3.8, 4) is 0 Å². The molecule has 0 bridgehead atoms. The third-order valence-electron chi connectivity index (χ3n) is 4.30. The van der Waals surface area contributed by atoms with Gasteiger partial charge in [-0.25, -0.2) is 0 Å². The molecule has 1 aromatic carbocycles. The summed E-state index contributed by atoms with van der Waals surface area (Å²) in [4.78, 5) is 4.18. The summed E-state index contributed by atoms with van der Waals surface area (Å²) in [7, 11) is 0. The summed E-state index contributed by atoms with van der Waals surface area (Å²) in [5.74, 6) is 0. The predicted octanol–water partition coefficient (Wildman–Crippen LogP) is 3.38. The first kappa shape index (κ1) is 13.3. The van der Waals surface area contributed by atoms with E-state index in [2.05, 4.69) is 36.2 Å². The summed E-state index contributed by atoms with van der Waals surface area (Å²) < 4.78 is 0. The number of benzene rings is 1. The van der Waals surface area contributed by atoms with E-state index in [-0.39, 0.29) is 5.54 Å². The van der Waals surface area contributed by atoms with Crippen LogP contribution in [0.2, 0.25) is 0 Å². The zero-order chi connectivity index (χ0) is 14.0. The molecule has 1 aromatic heterocycles. The maximum Gasteiger partial charge on any atom is 0.0422 e. The quantitative estimate of drug-likeness (QED) is 0.925. The van der Waals surface area contributed by atoms with E-state index in [9.17, 15) is 0 Å². The second-order valence-corrected chi connectivity index (χ2v) is 6.15. The third kappa shape index (κ3) is 2.75. The zero-order valence-corrected chi connectivity index (χ0v) is 12.1. The molecule has 0 saturated heterocycles. The van der Waals surface area contributed by atoms with E-state index in [1.807, 2.05) is 12.3 Å². The van der Waals surface area contributed by atoms with Crippen LogP contribution in [0.25, 0.3) is 0 Å². The molecule has 0 fully saturated rings. The van der Waals surface area contributed by atoms with Crippen molar-refractivity contribution < 1.29 is 0 Å². The number of fused-ring (bicyclic) bond motifs is 1. The van der Waals surface area contributed by atoms with Crippen molar-refractivity contribution in [2.24, 2.45) is 5.73 Å². The molecule has 1 aliphatic carbocycles. The minimum atomic E-state index is -0.338. The lowest BCUT2D eigenvalue weighted by Gasteiger charge is -2.27. The Morgan fingerprint density at radius 2 is 1.95 bits per heavy atom. The van der Waals surface area contributed by atoms with Gasteiger partial charge in [0, 0.05) is 17.9 Å². The lowest BCUT2D eigenvalue weighted by atomic mass is 9.82. The summed E-state index contributed by atoms with van der Waals surface area (Å²) in [6.07, 6.45) is 9.58. The number of hydrogen-bond donors (Lipinski definition) is 1. The highest BCUT2D eigenvalue weighted by Crippen LogP contribution is 2.28. The van der Waals surface area contributed by atoms with Crippen LogP contribution in [-0.2, 0) is 24.8 Å². The number of rotatable bonds is 3. The summed E-state index contributed by atoms with van der Waals surface area (Å²) in [5.41, 5.74) is 11.7. The predicted molar refractivity (Wildman–Crippen MR) is 82.6 cm³/mol. The summed E-state index contributed by atoms with van der Waals surface area (Å²) in [5, 5.41) is 0. The molecule has 2 heteroatoms. The van der Waals surface area contributed by atoms with Gasteiger partial charge in [-0.2, -0.15) is 0 Å². The van der Waals surface area contributed by atoms with Crippen molar-refractivity contribution in [2.45, 2.75) is 44.6 Å². The second kappa shape index (κ2) is 5.37. The van der Waals surface area contributed by atoms with Crippen LogP contribution in [0.4, 0.5) is 0 Å². The first-order valence-corrected chi connectivity index (χ1v) is 7.45. The minimum absolute atomic E-state index is 0.338. The maximum atomic E-state index is 6.58. The zero-order valence-electron chi connectivity index (χ0n) is 12.1. The van der Waals surface area contributed by atoms with Crippen LogP contribution >= 0.6 is 0 Å². The summed E-state index contributed by atoms with van der Waals surface area (Å²) >= 11 is 0. The minimum Gasteiger partial charge on any atom is -0.321 e. The third-order valence-corrected chi connectivity index (χ3v) is 4.30. The van der Waals surface area contributed by atoms with Gasteiger partial charge in [0.25, 0.3) is 0 Å². The summed E-state index contributed by atoms with van der Waals surface area (Å²) in [6, 6.07) is 10.9. The molecule has 3 rings (SSSR count). The van der Waals surface area contributed by atoms with Gasteiger partial charge >= 0.3 is 0 Å². The highest BCUT2D eigenvalue weighted by Gasteiger charge is 2.23. The Hall–Kier alpha value is -1.67. The van der Waals surface area contributed by atoms with E-state index in [4.69, 9.17) is 5.73 Å². The molecule has 1 unspecified atom stereocenters. The normalized spacial score (nSPS) is 17.3. The second-order valence-electron chi connectivity index (χ2n) is 6.15. The largest absolute Gasteiger partial charge is 0.321 e. The molecule has 2 nitrogen and oxygen atoms in total. The molecule has 1 atom stereocenters. The summed E-state index contributed by atoms with van der Waals surface area (Å²) in [6.45, 7) is 2.12. The molecule has 2 N–H and O–H groups in total. The molecule has 0 saturated carbocycles. The van der Waals surface area contributed by atoms with Gasteiger partial charge in [0.2, 0.25) is 0 Å². The molecular formula is C18H22N2. The number of hydrogen-bond acceptors (Lipinski definition) is 2. The lowest BCUT2D eigenvalue weighted by molar-refractivity contribution is 0.489. The molecule has 0 radical (unpaired) electrons. The first-order chi connectivity index (χ1) is 9.65. The molecule has 104 valence electrons. The van der Waals surface area contributed by atoms with Crippen LogP contribution in [0.15, 0.2) is 42.7 Å². The Morgan fingerprint density at radius 3 is 2.70 bits per heavy atom. The standard InChI is InChI=1S/C18H22N2/c1-18(19,12-14-5-4-10-20-13-14)17-9-8-15-6-2-3-7-16(15)11-17/h4-5,8-11,13H,2-3,6-7,12,19H2,1H3. The molecule has 1 heterocycles. The van der Waals surface area contributed by atoms with Crippen LogP contribution in [0, 0.1) is 0 Å². The molecular weight excluding hydrogens is 244 g/mol. The monoisotopic (exact) mass is 266 g/mol. The van der Waals surface area contributed by atoms with Gasteiger partial charge in [-0.3, -0.25) is 4.98 Å². The topological polar surface area (TPSA) is 38.9 Å². The number of aromatic nitrogens is 1. The number of nitrogens with zero attached hydrogens (tertiary/aromatic N) is 1. The fourth-order valence-corrected chi connectivity index (χ4v) is 3.12. The number of aryl methyl sites for hydroxylation is 2. The van der Waals surface area contributed by atoms with Gasteiger partial charge in [0.05, 0.1) is 0 Å². The molecule has 1 aliphatic rings. The van der Waals surface area contributed by atoms with Gasteiger partial charge in [0.1, 0.15) is 0 Å². The highest BCUT2D eigenvalue weighted by atomic mass is 14.7. The number of pyridine rings is 1. The smallest absolute Gasteiger partial charge is 0.0422 e. The fourth-order valence-electron chi connectivity index (χ4n) is 3.12. The van der Waals surface area contributed by atoms with Crippen molar-refractivity contribution in [3.63, 3.8) is 0 Å². The molecule has 0 aliphatic heterocycles. The van der Waals surface area contributed by atoms with Crippen LogP contribution in [-0.4, -0.2) is 4.98 Å². The average Bonchev–Trinajstić information content (AvgIpc) is 2.47. The van der Waals surface area contributed by atoms with E-state index < -0.39 is 0 Å². The Morgan fingerprint density at radius 1 is 1.15 bits per heavy atom. The Balaban J connectivity index is 1.87. The SMILES string of the molecule is CC(N)(Cc1cccnc1)c1ccc2c(c1)CCCC2. The van der Waals surface area contributed by atoms with E-state index in [0.29, 0.717) is 0 Å². The van der Waals surface area contributed by atoms with Gasteiger partial charge in [0.15, 0.2) is 0 Å². The van der Waals surface area contributed by atoms with Crippen LogP contribution in [0.5, 0.6) is 0 Å². The van der Waals surface area contributed by atoms with Crippen molar-refractivity contribution >= 4 is 0 Å². The van der Waals surface area contributed by atoms with Gasteiger partial charge in [-0.15, -0.1) is 0 Å². The van der Waals surface area contributed by atoms with Crippen molar-refractivity contribution in [1.29, 1.82) is 0 Å². The van der Waals surface area contributed by atoms with Gasteiger partial charge in [-0.1, -0.05) is 24.3 Å². The van der Waals surface area contributed by atoms with Gasteiger partial charge in [-0.05, 0) is 67.3 Å². The highest BCUT2D eigenvalue weighted by molar-refractivity contribution is 5.37. The fraction of sp³-hybridized carbons (Fsp3) is 0.389. The maximum absolute atomic E-state index is 6.58. The van der Waals surface area contributed by atoms with Crippen molar-refractivity contribution in [3.05, 3.63) is 65.0 Å². The average molecular weight is 266 g/mol. The molecule has 0 amide bonds. The van der Waals surface area contributed by atoms with E-state index in [0.717, 1.165) is 6.42 Å². The lowest BCUT2D eigenvalue weighted by Crippen LogP contribution is -2.35. The molecule has 20 heavy (non-hydrogen) atoms. The Labute approximate surface area is 121 Å². The Bertz CT molecular complexity index is 588.